The summed E-state index contributed by atoms with van der Waals surface area (Å²) >= 11 is 0. The molecule has 0 radical (unpaired) electrons. The summed E-state index contributed by atoms with van der Waals surface area (Å²) in [5, 5.41) is 3.51. The number of terminal acetylenes is 1. The van der Waals surface area contributed by atoms with Crippen molar-refractivity contribution in [2.45, 2.75) is 64.5 Å². The molecule has 1 N–H and O–H groups in total. The van der Waals surface area contributed by atoms with Crippen molar-refractivity contribution in [3.8, 4) is 12.3 Å². The molecule has 18 heavy (non-hydrogen) atoms. The fourth-order valence-electron chi connectivity index (χ4n) is 2.45. The van der Waals surface area contributed by atoms with Crippen molar-refractivity contribution in [2.24, 2.45) is 0 Å². The van der Waals surface area contributed by atoms with Crippen LogP contribution in [0.15, 0.2) is 0 Å². The van der Waals surface area contributed by atoms with Gasteiger partial charge in [0.05, 0.1) is 0 Å². The van der Waals surface area contributed by atoms with Gasteiger partial charge in [-0.2, -0.15) is 0 Å². The molecule has 3 nitrogen and oxygen atoms in total. The van der Waals surface area contributed by atoms with Gasteiger partial charge >= 0.3 is 0 Å². The van der Waals surface area contributed by atoms with E-state index in [9.17, 15) is 4.79 Å². The molecule has 2 atom stereocenters. The summed E-state index contributed by atoms with van der Waals surface area (Å²) in [6, 6.07) is 0.829. The van der Waals surface area contributed by atoms with Gasteiger partial charge in [0, 0.05) is 38.0 Å². The third-order valence-corrected chi connectivity index (χ3v) is 3.75. The Morgan fingerprint density at radius 3 is 2.78 bits per heavy atom. The third kappa shape index (κ3) is 4.34. The molecule has 1 heterocycles. The Morgan fingerprint density at radius 2 is 2.17 bits per heavy atom. The van der Waals surface area contributed by atoms with Gasteiger partial charge in [0.1, 0.15) is 0 Å². The molecule has 0 bridgehead atoms. The van der Waals surface area contributed by atoms with Crippen LogP contribution in [0.5, 0.6) is 0 Å². The number of carbonyl (C=O) groups excluding carboxylic acids is 1. The van der Waals surface area contributed by atoms with Gasteiger partial charge in [-0.15, -0.1) is 12.3 Å². The highest BCUT2D eigenvalue weighted by molar-refractivity contribution is 5.76. The number of hydrogen-bond donors (Lipinski definition) is 1. The van der Waals surface area contributed by atoms with E-state index in [4.69, 9.17) is 6.42 Å². The molecule has 1 aliphatic rings. The first-order chi connectivity index (χ1) is 8.72. The van der Waals surface area contributed by atoms with Crippen molar-refractivity contribution in [2.75, 3.05) is 13.1 Å². The monoisotopic (exact) mass is 250 g/mol. The fourth-order valence-corrected chi connectivity index (χ4v) is 2.45. The normalized spacial score (nSPS) is 23.7. The molecule has 1 rings (SSSR count). The highest BCUT2D eigenvalue weighted by atomic mass is 16.2. The lowest BCUT2D eigenvalue weighted by atomic mass is 10.0. The van der Waals surface area contributed by atoms with Crippen LogP contribution in [0.4, 0.5) is 0 Å². The average molecular weight is 250 g/mol. The molecule has 0 aromatic rings. The molecule has 0 saturated carbocycles. The standard InChI is InChI=1S/C15H26N2O/c1-4-7-8-9-10-15(18)17-12-13(5-2)16-11-14(17)6-3/h1,13-14,16H,5-12H2,2-3H3. The second-order valence-electron chi connectivity index (χ2n) is 5.03. The summed E-state index contributed by atoms with van der Waals surface area (Å²) in [6.07, 6.45) is 10.6. The Labute approximate surface area is 111 Å². The molecule has 102 valence electrons. The minimum absolute atomic E-state index is 0.304. The van der Waals surface area contributed by atoms with Gasteiger partial charge < -0.3 is 10.2 Å². The van der Waals surface area contributed by atoms with Gasteiger partial charge in [-0.1, -0.05) is 13.8 Å². The quantitative estimate of drug-likeness (QED) is 0.579. The van der Waals surface area contributed by atoms with E-state index in [1.165, 1.54) is 0 Å². The molecule has 2 unspecified atom stereocenters. The van der Waals surface area contributed by atoms with Gasteiger partial charge in [-0.25, -0.2) is 0 Å². The molecule has 0 aromatic heterocycles. The second-order valence-corrected chi connectivity index (χ2v) is 5.03. The molecular weight excluding hydrogens is 224 g/mol. The number of nitrogens with zero attached hydrogens (tertiary/aromatic N) is 1. The lowest BCUT2D eigenvalue weighted by Crippen LogP contribution is -2.57. The number of hydrogen-bond acceptors (Lipinski definition) is 2. The number of carbonyl (C=O) groups is 1. The van der Waals surface area contributed by atoms with Crippen LogP contribution in [0.2, 0.25) is 0 Å². The van der Waals surface area contributed by atoms with Gasteiger partial charge in [-0.05, 0) is 25.7 Å². The predicted molar refractivity (Wildman–Crippen MR) is 75.2 cm³/mol. The molecule has 1 aliphatic heterocycles. The highest BCUT2D eigenvalue weighted by Gasteiger charge is 2.28. The first kappa shape index (κ1) is 15.0. The topological polar surface area (TPSA) is 32.3 Å². The van der Waals surface area contributed by atoms with Gasteiger partial charge in [0.15, 0.2) is 0 Å². The van der Waals surface area contributed by atoms with E-state index in [2.05, 4.69) is 30.0 Å². The van der Waals surface area contributed by atoms with Crippen LogP contribution >= 0.6 is 0 Å². The minimum Gasteiger partial charge on any atom is -0.337 e. The largest absolute Gasteiger partial charge is 0.337 e. The zero-order chi connectivity index (χ0) is 13.4. The maximum Gasteiger partial charge on any atom is 0.222 e. The molecule has 0 aliphatic carbocycles. The molecule has 3 heteroatoms. The number of rotatable bonds is 6. The van der Waals surface area contributed by atoms with E-state index in [-0.39, 0.29) is 0 Å². The van der Waals surface area contributed by atoms with E-state index >= 15 is 0 Å². The summed E-state index contributed by atoms with van der Waals surface area (Å²) in [5.41, 5.74) is 0. The first-order valence-corrected chi connectivity index (χ1v) is 7.19. The number of unbranched alkanes of at least 4 members (excludes halogenated alkanes) is 2. The van der Waals surface area contributed by atoms with Crippen LogP contribution in [-0.4, -0.2) is 36.0 Å². The van der Waals surface area contributed by atoms with E-state index in [1.54, 1.807) is 0 Å². The summed E-state index contributed by atoms with van der Waals surface area (Å²) in [7, 11) is 0. The Kier molecular flexibility index (Phi) is 6.82. The van der Waals surface area contributed by atoms with E-state index < -0.39 is 0 Å². The Hall–Kier alpha value is -1.01. The van der Waals surface area contributed by atoms with Gasteiger partial charge in [0.25, 0.3) is 0 Å². The highest BCUT2D eigenvalue weighted by Crippen LogP contribution is 2.15. The Morgan fingerprint density at radius 1 is 1.39 bits per heavy atom. The van der Waals surface area contributed by atoms with Crippen molar-refractivity contribution in [1.82, 2.24) is 10.2 Å². The van der Waals surface area contributed by atoms with Crippen molar-refractivity contribution in [3.05, 3.63) is 0 Å². The Balaban J connectivity index is 2.43. The fraction of sp³-hybridized carbons (Fsp3) is 0.800. The summed E-state index contributed by atoms with van der Waals surface area (Å²) in [6.45, 7) is 6.12. The lowest BCUT2D eigenvalue weighted by molar-refractivity contribution is -0.135. The molecule has 0 spiro atoms. The third-order valence-electron chi connectivity index (χ3n) is 3.75. The van der Waals surface area contributed by atoms with Crippen molar-refractivity contribution in [3.63, 3.8) is 0 Å². The predicted octanol–water partition coefficient (Wildman–Crippen LogP) is 2.17. The summed E-state index contributed by atoms with van der Waals surface area (Å²) in [4.78, 5) is 14.3. The maximum atomic E-state index is 12.2. The molecule has 1 saturated heterocycles. The SMILES string of the molecule is C#CCCCCC(=O)N1CC(CC)NCC1CC. The zero-order valence-corrected chi connectivity index (χ0v) is 11.7. The maximum absolute atomic E-state index is 12.2. The minimum atomic E-state index is 0.304. The van der Waals surface area contributed by atoms with Crippen molar-refractivity contribution in [1.29, 1.82) is 0 Å². The molecular formula is C15H26N2O. The second kappa shape index (κ2) is 8.16. The van der Waals surface area contributed by atoms with Gasteiger partial charge in [-0.3, -0.25) is 4.79 Å². The first-order valence-electron chi connectivity index (χ1n) is 7.19. The molecule has 1 amide bonds. The van der Waals surface area contributed by atoms with Crippen LogP contribution in [0, 0.1) is 12.3 Å². The van der Waals surface area contributed by atoms with Crippen molar-refractivity contribution < 1.29 is 4.79 Å². The average Bonchev–Trinajstić information content (AvgIpc) is 2.42. The zero-order valence-electron chi connectivity index (χ0n) is 11.7. The van der Waals surface area contributed by atoms with Crippen LogP contribution in [0.3, 0.4) is 0 Å². The Bertz CT molecular complexity index is 295. The number of amides is 1. The number of nitrogens with one attached hydrogen (secondary N) is 1. The van der Waals surface area contributed by atoms with E-state index in [1.807, 2.05) is 0 Å². The summed E-state index contributed by atoms with van der Waals surface area (Å²) < 4.78 is 0. The number of piperazine rings is 1. The van der Waals surface area contributed by atoms with E-state index in [0.29, 0.717) is 24.4 Å². The van der Waals surface area contributed by atoms with Crippen LogP contribution in [-0.2, 0) is 4.79 Å². The lowest BCUT2D eigenvalue weighted by Gasteiger charge is -2.40. The summed E-state index contributed by atoms with van der Waals surface area (Å²) in [5.74, 6) is 2.93. The van der Waals surface area contributed by atoms with Crippen LogP contribution < -0.4 is 5.32 Å². The smallest absolute Gasteiger partial charge is 0.222 e. The van der Waals surface area contributed by atoms with Crippen LogP contribution in [0.25, 0.3) is 0 Å². The van der Waals surface area contributed by atoms with E-state index in [0.717, 1.165) is 45.2 Å². The molecule has 1 fully saturated rings. The van der Waals surface area contributed by atoms with Crippen molar-refractivity contribution >= 4 is 5.91 Å². The molecule has 0 aromatic carbocycles. The van der Waals surface area contributed by atoms with Gasteiger partial charge in [0.2, 0.25) is 5.91 Å². The van der Waals surface area contributed by atoms with Crippen LogP contribution in [0.1, 0.15) is 52.4 Å².